The number of carbonyl (C=O) groups is 2. The van der Waals surface area contributed by atoms with Crippen LogP contribution in [0.3, 0.4) is 0 Å². The molecule has 1 aliphatic heterocycles. The van der Waals surface area contributed by atoms with Crippen LogP contribution in [0.25, 0.3) is 0 Å². The van der Waals surface area contributed by atoms with Crippen molar-refractivity contribution in [1.82, 2.24) is 20.3 Å². The van der Waals surface area contributed by atoms with Gasteiger partial charge in [0.2, 0.25) is 5.91 Å². The van der Waals surface area contributed by atoms with E-state index in [1.165, 1.54) is 11.3 Å². The van der Waals surface area contributed by atoms with E-state index in [0.29, 0.717) is 38.5 Å². The molecule has 0 spiro atoms. The fourth-order valence-electron chi connectivity index (χ4n) is 3.07. The minimum absolute atomic E-state index is 0.0408. The Kier molecular flexibility index (Phi) is 6.38. The van der Waals surface area contributed by atoms with Crippen LogP contribution in [-0.2, 0) is 17.6 Å². The zero-order valence-electron chi connectivity index (χ0n) is 15.5. The summed E-state index contributed by atoms with van der Waals surface area (Å²) in [5.41, 5.74) is 1.61. The van der Waals surface area contributed by atoms with Gasteiger partial charge >= 0.3 is 6.03 Å². The number of nitrogens with one attached hydrogen (secondary N) is 1. The van der Waals surface area contributed by atoms with E-state index in [2.05, 4.69) is 10.5 Å². The molecule has 0 aromatic carbocycles. The second-order valence-electron chi connectivity index (χ2n) is 6.54. The zero-order chi connectivity index (χ0) is 19.4. The Labute approximate surface area is 167 Å². The Morgan fingerprint density at radius 1 is 1.22 bits per heavy atom. The maximum absolute atomic E-state index is 12.5. The van der Waals surface area contributed by atoms with Crippen LogP contribution in [0.2, 0.25) is 4.34 Å². The lowest BCUT2D eigenvalue weighted by molar-refractivity contribution is -0.131. The first kappa shape index (κ1) is 19.7. The van der Waals surface area contributed by atoms with Gasteiger partial charge in [-0.1, -0.05) is 16.8 Å². The lowest BCUT2D eigenvalue weighted by Gasteiger charge is -2.34. The fraction of sp³-hybridized carbons (Fsp3) is 0.500. The maximum Gasteiger partial charge on any atom is 0.317 e. The number of aromatic nitrogens is 1. The third kappa shape index (κ3) is 5.01. The summed E-state index contributed by atoms with van der Waals surface area (Å²) in [5, 5.41) is 6.82. The lowest BCUT2D eigenvalue weighted by atomic mass is 10.1. The molecular weight excluding hydrogens is 388 g/mol. The molecule has 146 valence electrons. The summed E-state index contributed by atoms with van der Waals surface area (Å²) < 4.78 is 5.87. The summed E-state index contributed by atoms with van der Waals surface area (Å²) in [6.07, 6.45) is 1.05. The summed E-state index contributed by atoms with van der Waals surface area (Å²) in [6, 6.07) is 3.75. The standard InChI is InChI=1S/C18H23ClN4O3S/c1-12-15(13(2)26-21-12)11-17(24)22-7-9-23(10-8-22)18(25)20-6-5-14-3-4-16(19)27-14/h3-4H,5-11H2,1-2H3,(H,20,25). The van der Waals surface area contributed by atoms with E-state index in [1.807, 2.05) is 26.0 Å². The van der Waals surface area contributed by atoms with E-state index >= 15 is 0 Å². The quantitative estimate of drug-likeness (QED) is 0.821. The number of aryl methyl sites for hydroxylation is 2. The van der Waals surface area contributed by atoms with Crippen molar-refractivity contribution in [1.29, 1.82) is 0 Å². The van der Waals surface area contributed by atoms with Crippen LogP contribution in [0, 0.1) is 13.8 Å². The van der Waals surface area contributed by atoms with Gasteiger partial charge in [0.15, 0.2) is 0 Å². The van der Waals surface area contributed by atoms with Gasteiger partial charge in [0, 0.05) is 43.2 Å². The van der Waals surface area contributed by atoms with E-state index in [9.17, 15) is 9.59 Å². The number of amides is 3. The molecule has 0 unspecified atom stereocenters. The number of hydrogen-bond acceptors (Lipinski definition) is 5. The Hall–Kier alpha value is -2.06. The molecule has 0 aliphatic carbocycles. The Morgan fingerprint density at radius 2 is 1.93 bits per heavy atom. The average molecular weight is 411 g/mol. The summed E-state index contributed by atoms with van der Waals surface area (Å²) in [4.78, 5) is 29.5. The Morgan fingerprint density at radius 3 is 2.52 bits per heavy atom. The molecule has 2 aromatic heterocycles. The second-order valence-corrected chi connectivity index (χ2v) is 8.33. The van der Waals surface area contributed by atoms with Crippen LogP contribution < -0.4 is 5.32 Å². The first-order chi connectivity index (χ1) is 12.9. The van der Waals surface area contributed by atoms with Crippen molar-refractivity contribution in [2.75, 3.05) is 32.7 Å². The number of halogens is 1. The summed E-state index contributed by atoms with van der Waals surface area (Å²) in [7, 11) is 0. The fourth-order valence-corrected chi connectivity index (χ4v) is 4.15. The number of hydrogen-bond donors (Lipinski definition) is 1. The van der Waals surface area contributed by atoms with Crippen LogP contribution in [0.15, 0.2) is 16.7 Å². The van der Waals surface area contributed by atoms with Crippen LogP contribution in [0.4, 0.5) is 4.79 Å². The molecule has 1 aliphatic rings. The van der Waals surface area contributed by atoms with Gasteiger partial charge in [-0.2, -0.15) is 0 Å². The summed E-state index contributed by atoms with van der Waals surface area (Å²) in [6.45, 7) is 6.36. The van der Waals surface area contributed by atoms with E-state index < -0.39 is 0 Å². The predicted molar refractivity (Wildman–Crippen MR) is 104 cm³/mol. The average Bonchev–Trinajstić information content (AvgIpc) is 3.21. The molecule has 3 rings (SSSR count). The minimum Gasteiger partial charge on any atom is -0.361 e. The highest BCUT2D eigenvalue weighted by molar-refractivity contribution is 7.16. The van der Waals surface area contributed by atoms with Crippen molar-refractivity contribution >= 4 is 34.9 Å². The number of nitrogens with zero attached hydrogens (tertiary/aromatic N) is 3. The second kappa shape index (κ2) is 8.75. The zero-order valence-corrected chi connectivity index (χ0v) is 17.0. The molecule has 1 fully saturated rings. The van der Waals surface area contributed by atoms with Gasteiger partial charge in [0.25, 0.3) is 0 Å². The molecule has 9 heteroatoms. The normalized spacial score (nSPS) is 14.5. The van der Waals surface area contributed by atoms with Gasteiger partial charge in [0.1, 0.15) is 5.76 Å². The third-order valence-electron chi connectivity index (χ3n) is 4.71. The largest absolute Gasteiger partial charge is 0.361 e. The number of piperazine rings is 1. The predicted octanol–water partition coefficient (Wildman–Crippen LogP) is 2.65. The first-order valence-corrected chi connectivity index (χ1v) is 10.1. The molecule has 0 saturated carbocycles. The molecule has 3 heterocycles. The third-order valence-corrected chi connectivity index (χ3v) is 6.00. The summed E-state index contributed by atoms with van der Waals surface area (Å²) in [5.74, 6) is 0.727. The maximum atomic E-state index is 12.5. The van der Waals surface area contributed by atoms with Gasteiger partial charge in [-0.15, -0.1) is 11.3 Å². The van der Waals surface area contributed by atoms with Crippen molar-refractivity contribution in [3.05, 3.63) is 38.4 Å². The van der Waals surface area contributed by atoms with Crippen LogP contribution in [0.5, 0.6) is 0 Å². The molecule has 3 amide bonds. The van der Waals surface area contributed by atoms with E-state index in [1.54, 1.807) is 9.80 Å². The number of rotatable bonds is 5. The van der Waals surface area contributed by atoms with Crippen LogP contribution in [0.1, 0.15) is 21.9 Å². The van der Waals surface area contributed by atoms with Crippen molar-refractivity contribution < 1.29 is 14.1 Å². The van der Waals surface area contributed by atoms with Crippen LogP contribution >= 0.6 is 22.9 Å². The lowest BCUT2D eigenvalue weighted by Crippen LogP contribution is -2.53. The van der Waals surface area contributed by atoms with Gasteiger partial charge in [-0.3, -0.25) is 4.79 Å². The van der Waals surface area contributed by atoms with E-state index in [-0.39, 0.29) is 18.4 Å². The van der Waals surface area contributed by atoms with Crippen LogP contribution in [-0.4, -0.2) is 59.6 Å². The highest BCUT2D eigenvalue weighted by Crippen LogP contribution is 2.21. The molecule has 2 aromatic rings. The molecule has 1 N–H and O–H groups in total. The molecule has 27 heavy (non-hydrogen) atoms. The highest BCUT2D eigenvalue weighted by Gasteiger charge is 2.25. The summed E-state index contributed by atoms with van der Waals surface area (Å²) >= 11 is 7.43. The van der Waals surface area contributed by atoms with Gasteiger partial charge in [0.05, 0.1) is 16.5 Å². The monoisotopic (exact) mass is 410 g/mol. The van der Waals surface area contributed by atoms with Crippen molar-refractivity contribution in [3.63, 3.8) is 0 Å². The molecule has 1 saturated heterocycles. The SMILES string of the molecule is Cc1noc(C)c1CC(=O)N1CCN(C(=O)NCCc2ccc(Cl)s2)CC1. The molecule has 0 radical (unpaired) electrons. The van der Waals surface area contributed by atoms with Crippen molar-refractivity contribution in [3.8, 4) is 0 Å². The van der Waals surface area contributed by atoms with Gasteiger partial charge in [-0.05, 0) is 32.4 Å². The number of urea groups is 1. The topological polar surface area (TPSA) is 78.7 Å². The Balaban J connectivity index is 1.41. The molecule has 0 atom stereocenters. The van der Waals surface area contributed by atoms with Gasteiger partial charge < -0.3 is 19.6 Å². The van der Waals surface area contributed by atoms with Crippen molar-refractivity contribution in [2.24, 2.45) is 0 Å². The van der Waals surface area contributed by atoms with Gasteiger partial charge in [-0.25, -0.2) is 4.79 Å². The first-order valence-electron chi connectivity index (χ1n) is 8.90. The smallest absolute Gasteiger partial charge is 0.317 e. The number of thiophene rings is 1. The van der Waals surface area contributed by atoms with Crippen molar-refractivity contribution in [2.45, 2.75) is 26.7 Å². The molecular formula is C18H23ClN4O3S. The highest BCUT2D eigenvalue weighted by atomic mass is 35.5. The minimum atomic E-state index is -0.0875. The molecule has 0 bridgehead atoms. The Bertz CT molecular complexity index is 792. The number of carbonyl (C=O) groups excluding carboxylic acids is 2. The molecule has 7 nitrogen and oxygen atoms in total. The van der Waals surface area contributed by atoms with E-state index in [0.717, 1.165) is 26.9 Å². The van der Waals surface area contributed by atoms with E-state index in [4.69, 9.17) is 16.1 Å².